The molecule has 30 heavy (non-hydrogen) atoms. The third-order valence-electron chi connectivity index (χ3n) is 6.05. The van der Waals surface area contributed by atoms with E-state index in [4.69, 9.17) is 0 Å². The van der Waals surface area contributed by atoms with Gasteiger partial charge in [0, 0.05) is 26.2 Å². The SMILES string of the molecule is O=Cc1nc(N2CCCC2)n(C2CC2)n1.O=Cc1nc(N2CCCC2)nn1C1CC1. The van der Waals surface area contributed by atoms with Crippen LogP contribution in [0.5, 0.6) is 0 Å². The number of anilines is 2. The zero-order chi connectivity index (χ0) is 20.5. The van der Waals surface area contributed by atoms with Crippen molar-refractivity contribution in [2.75, 3.05) is 36.0 Å². The number of rotatable bonds is 6. The normalized spacial score (nSPS) is 20.9. The van der Waals surface area contributed by atoms with E-state index in [1.54, 1.807) is 4.68 Å². The first-order valence-corrected chi connectivity index (χ1v) is 11.1. The van der Waals surface area contributed by atoms with E-state index in [1.807, 2.05) is 4.68 Å². The summed E-state index contributed by atoms with van der Waals surface area (Å²) in [6, 6.07) is 0.913. The fourth-order valence-corrected chi connectivity index (χ4v) is 4.12. The van der Waals surface area contributed by atoms with Crippen molar-refractivity contribution < 1.29 is 9.59 Å². The van der Waals surface area contributed by atoms with Gasteiger partial charge < -0.3 is 9.80 Å². The first kappa shape index (κ1) is 19.2. The average molecular weight is 412 g/mol. The highest BCUT2D eigenvalue weighted by molar-refractivity contribution is 5.70. The Morgan fingerprint density at radius 3 is 1.87 bits per heavy atom. The lowest BCUT2D eigenvalue weighted by molar-refractivity contribution is 0.110. The van der Waals surface area contributed by atoms with Crippen LogP contribution in [0.1, 0.15) is 84.7 Å². The Labute approximate surface area is 175 Å². The summed E-state index contributed by atoms with van der Waals surface area (Å²) in [5, 5.41) is 8.66. The zero-order valence-corrected chi connectivity index (χ0v) is 17.2. The molecule has 0 atom stereocenters. The van der Waals surface area contributed by atoms with Gasteiger partial charge in [-0.1, -0.05) is 0 Å². The van der Waals surface area contributed by atoms with Crippen molar-refractivity contribution >= 4 is 24.5 Å². The number of nitrogens with zero attached hydrogens (tertiary/aromatic N) is 8. The van der Waals surface area contributed by atoms with Crippen LogP contribution in [0, 0.1) is 0 Å². The van der Waals surface area contributed by atoms with Crippen LogP contribution in [0.4, 0.5) is 11.9 Å². The molecule has 4 aliphatic rings. The molecule has 4 heterocycles. The number of carbonyl (C=O) groups excluding carboxylic acids is 2. The van der Waals surface area contributed by atoms with Crippen LogP contribution in [-0.2, 0) is 0 Å². The molecule has 0 unspecified atom stereocenters. The van der Waals surface area contributed by atoms with E-state index in [0.717, 1.165) is 63.5 Å². The van der Waals surface area contributed by atoms with Gasteiger partial charge >= 0.3 is 0 Å². The lowest BCUT2D eigenvalue weighted by Gasteiger charge is -2.16. The van der Waals surface area contributed by atoms with Gasteiger partial charge in [0.05, 0.1) is 12.1 Å². The second-order valence-electron chi connectivity index (χ2n) is 8.52. The van der Waals surface area contributed by atoms with Gasteiger partial charge in [-0.2, -0.15) is 9.97 Å². The third kappa shape index (κ3) is 3.95. The maximum Gasteiger partial charge on any atom is 0.245 e. The summed E-state index contributed by atoms with van der Waals surface area (Å²) in [5.41, 5.74) is 0. The van der Waals surface area contributed by atoms with Gasteiger partial charge in [0.2, 0.25) is 17.7 Å². The van der Waals surface area contributed by atoms with Gasteiger partial charge in [0.25, 0.3) is 0 Å². The molecule has 2 aromatic rings. The maximum absolute atomic E-state index is 10.8. The molecule has 0 aromatic carbocycles. The van der Waals surface area contributed by atoms with Crippen LogP contribution in [0.3, 0.4) is 0 Å². The largest absolute Gasteiger partial charge is 0.341 e. The highest BCUT2D eigenvalue weighted by Gasteiger charge is 2.31. The van der Waals surface area contributed by atoms with Crippen LogP contribution in [0.25, 0.3) is 0 Å². The van der Waals surface area contributed by atoms with Crippen molar-refractivity contribution in [1.29, 1.82) is 0 Å². The summed E-state index contributed by atoms with van der Waals surface area (Å²) in [4.78, 5) is 34.5. The molecular weight excluding hydrogens is 384 g/mol. The Bertz CT molecular complexity index is 902. The molecule has 10 nitrogen and oxygen atoms in total. The molecule has 2 aromatic heterocycles. The van der Waals surface area contributed by atoms with Crippen molar-refractivity contribution in [2.45, 2.75) is 63.5 Å². The third-order valence-corrected chi connectivity index (χ3v) is 6.05. The predicted octanol–water partition coefficient (Wildman–Crippen LogP) is 2.05. The molecule has 0 radical (unpaired) electrons. The molecule has 0 amide bonds. The van der Waals surface area contributed by atoms with Crippen molar-refractivity contribution in [3.05, 3.63) is 11.6 Å². The lowest BCUT2D eigenvalue weighted by Crippen LogP contribution is -2.22. The van der Waals surface area contributed by atoms with Gasteiger partial charge in [0.1, 0.15) is 0 Å². The summed E-state index contributed by atoms with van der Waals surface area (Å²) < 4.78 is 3.73. The summed E-state index contributed by atoms with van der Waals surface area (Å²) >= 11 is 0. The number of hydrogen-bond donors (Lipinski definition) is 0. The predicted molar refractivity (Wildman–Crippen MR) is 110 cm³/mol. The second kappa shape index (κ2) is 8.16. The first-order valence-electron chi connectivity index (χ1n) is 11.1. The standard InChI is InChI=1S/2C10H14N4O/c15-7-9-11-10(13-5-1-2-6-13)12-14(9)8-3-4-8;15-7-9-11-10(13-5-1-2-6-13)14(12-9)8-3-4-8/h2*7-8H,1-6H2. The Morgan fingerprint density at radius 1 is 0.700 bits per heavy atom. The molecule has 2 saturated heterocycles. The molecule has 6 rings (SSSR count). The Morgan fingerprint density at radius 2 is 1.30 bits per heavy atom. The van der Waals surface area contributed by atoms with Gasteiger partial charge in [-0.15, -0.1) is 10.2 Å². The Balaban J connectivity index is 0.000000128. The number of aldehydes is 2. The van der Waals surface area contributed by atoms with E-state index in [2.05, 4.69) is 30.0 Å². The minimum absolute atomic E-state index is 0.323. The monoisotopic (exact) mass is 412 g/mol. The summed E-state index contributed by atoms with van der Waals surface area (Å²) in [7, 11) is 0. The lowest BCUT2D eigenvalue weighted by atomic mass is 10.4. The molecule has 2 aliphatic carbocycles. The molecule has 0 bridgehead atoms. The van der Waals surface area contributed by atoms with Crippen LogP contribution < -0.4 is 9.80 Å². The number of aromatic nitrogens is 6. The van der Waals surface area contributed by atoms with E-state index in [1.165, 1.54) is 38.5 Å². The molecule has 2 saturated carbocycles. The van der Waals surface area contributed by atoms with Crippen LogP contribution in [-0.4, -0.2) is 68.3 Å². The van der Waals surface area contributed by atoms with Crippen molar-refractivity contribution in [2.24, 2.45) is 0 Å². The first-order chi connectivity index (χ1) is 14.8. The van der Waals surface area contributed by atoms with Crippen LogP contribution in [0.15, 0.2) is 0 Å². The minimum atomic E-state index is 0.323. The summed E-state index contributed by atoms with van der Waals surface area (Å²) in [5.74, 6) is 2.45. The van der Waals surface area contributed by atoms with Gasteiger partial charge in [-0.3, -0.25) is 9.59 Å². The smallest absolute Gasteiger partial charge is 0.245 e. The molecule has 2 aliphatic heterocycles. The highest BCUT2D eigenvalue weighted by Crippen LogP contribution is 2.37. The summed E-state index contributed by atoms with van der Waals surface area (Å²) in [6.45, 7) is 4.13. The van der Waals surface area contributed by atoms with E-state index in [9.17, 15) is 9.59 Å². The van der Waals surface area contributed by atoms with E-state index in [0.29, 0.717) is 23.7 Å². The highest BCUT2D eigenvalue weighted by atomic mass is 16.1. The molecule has 0 N–H and O–H groups in total. The van der Waals surface area contributed by atoms with E-state index in [-0.39, 0.29) is 0 Å². The molecule has 10 heteroatoms. The summed E-state index contributed by atoms with van der Waals surface area (Å²) in [6.07, 6.45) is 11.0. The van der Waals surface area contributed by atoms with E-state index < -0.39 is 0 Å². The topological polar surface area (TPSA) is 102 Å². The van der Waals surface area contributed by atoms with Crippen molar-refractivity contribution in [3.63, 3.8) is 0 Å². The molecule has 0 spiro atoms. The minimum Gasteiger partial charge on any atom is -0.341 e. The quantitative estimate of drug-likeness (QED) is 0.665. The Hall–Kier alpha value is -2.78. The average Bonchev–Trinajstić information content (AvgIpc) is 3.52. The molecule has 160 valence electrons. The van der Waals surface area contributed by atoms with E-state index >= 15 is 0 Å². The van der Waals surface area contributed by atoms with Crippen molar-refractivity contribution in [1.82, 2.24) is 29.5 Å². The Kier molecular flexibility index (Phi) is 5.22. The molecule has 4 fully saturated rings. The van der Waals surface area contributed by atoms with Gasteiger partial charge in [-0.25, -0.2) is 9.36 Å². The maximum atomic E-state index is 10.8. The fourth-order valence-electron chi connectivity index (χ4n) is 4.12. The van der Waals surface area contributed by atoms with Gasteiger partial charge in [-0.05, 0) is 51.4 Å². The number of hydrogen-bond acceptors (Lipinski definition) is 8. The molecular formula is C20H28N8O2. The van der Waals surface area contributed by atoms with Crippen molar-refractivity contribution in [3.8, 4) is 0 Å². The fraction of sp³-hybridized carbons (Fsp3) is 0.700. The zero-order valence-electron chi connectivity index (χ0n) is 17.2. The van der Waals surface area contributed by atoms with Crippen LogP contribution in [0.2, 0.25) is 0 Å². The van der Waals surface area contributed by atoms with Crippen LogP contribution >= 0.6 is 0 Å². The van der Waals surface area contributed by atoms with Gasteiger partial charge in [0.15, 0.2) is 18.4 Å². The second-order valence-corrected chi connectivity index (χ2v) is 8.52. The number of carbonyl (C=O) groups is 2.